The maximum Gasteiger partial charge on any atom is 0.335 e. The third kappa shape index (κ3) is 45.2. The van der Waals surface area contributed by atoms with Gasteiger partial charge in [0.05, 0.1) is 6.61 Å². The number of rotatable bonds is 57. The number of hydrogen-bond acceptors (Lipinski definition) is 11. The molecule has 1 rings (SSSR count). The van der Waals surface area contributed by atoms with Crippen molar-refractivity contribution in [3.8, 4) is 0 Å². The number of aliphatic hydroxyl groups is 2. The van der Waals surface area contributed by atoms with Gasteiger partial charge in [0.15, 0.2) is 24.6 Å². The van der Waals surface area contributed by atoms with Crippen molar-refractivity contribution >= 4 is 23.9 Å². The molecule has 460 valence electrons. The molecule has 3 N–H and O–H groups in total. The number of carboxylic acid groups (broad SMARTS) is 1. The summed E-state index contributed by atoms with van der Waals surface area (Å²) in [4.78, 5) is 51.3. The van der Waals surface area contributed by atoms with Crippen molar-refractivity contribution in [3.05, 3.63) is 36.5 Å². The van der Waals surface area contributed by atoms with E-state index in [0.29, 0.717) is 19.3 Å². The van der Waals surface area contributed by atoms with Crippen molar-refractivity contribution in [2.75, 3.05) is 13.2 Å². The number of ether oxygens (including phenoxy) is 5. The monoisotopic (exact) mass is 1120 g/mol. The smallest absolute Gasteiger partial charge is 0.335 e. The molecule has 0 aromatic carbocycles. The molecular weight excluding hydrogens is 997 g/mol. The standard InChI is InChI=1S/C67H120O12/c1-4-7-10-13-16-19-22-25-28-30-33-35-38-41-44-47-50-53-59(68)75-56-58(77-60(69)54-51-48-45-42-39-36-32-27-24-21-18-15-12-9-6-3)57-76-67-65(63(72)62(71)64(79-67)66(73)74)78-61(70)55-52-49-46-43-40-37-34-31-29-26-23-20-17-14-11-8-5-2/h16,19,25,27-28,32,58,62-65,67,71-72H,4-15,17-18,20-24,26,29-31,33-57H2,1-3H3,(H,73,74)/b19-16-,28-25-,32-27-. The van der Waals surface area contributed by atoms with Gasteiger partial charge in [-0.15, -0.1) is 0 Å². The zero-order valence-electron chi connectivity index (χ0n) is 50.9. The van der Waals surface area contributed by atoms with Crippen LogP contribution >= 0.6 is 0 Å². The lowest BCUT2D eigenvalue weighted by Gasteiger charge is -2.40. The second kappa shape index (κ2) is 55.5. The van der Waals surface area contributed by atoms with Crippen molar-refractivity contribution in [1.82, 2.24) is 0 Å². The molecule has 0 saturated carbocycles. The van der Waals surface area contributed by atoms with Gasteiger partial charge in [-0.1, -0.05) is 256 Å². The average molecular weight is 1120 g/mol. The first-order valence-electron chi connectivity index (χ1n) is 33.0. The molecule has 0 amide bonds. The molecule has 6 unspecified atom stereocenters. The molecule has 0 aliphatic carbocycles. The number of esters is 3. The molecule has 6 atom stereocenters. The highest BCUT2D eigenvalue weighted by atomic mass is 16.7. The molecule has 12 heteroatoms. The Balaban J connectivity index is 2.65. The number of hydrogen-bond donors (Lipinski definition) is 3. The van der Waals surface area contributed by atoms with E-state index in [1.54, 1.807) is 0 Å². The van der Waals surface area contributed by atoms with Gasteiger partial charge >= 0.3 is 23.9 Å². The molecule has 0 bridgehead atoms. The van der Waals surface area contributed by atoms with Crippen LogP contribution in [-0.2, 0) is 42.9 Å². The highest BCUT2D eigenvalue weighted by molar-refractivity contribution is 5.74. The van der Waals surface area contributed by atoms with Crippen molar-refractivity contribution in [2.24, 2.45) is 0 Å². The van der Waals surface area contributed by atoms with Gasteiger partial charge in [0.25, 0.3) is 0 Å². The highest BCUT2D eigenvalue weighted by Crippen LogP contribution is 2.27. The first kappa shape index (κ1) is 74.0. The van der Waals surface area contributed by atoms with Gasteiger partial charge < -0.3 is 39.0 Å². The summed E-state index contributed by atoms with van der Waals surface area (Å²) < 4.78 is 28.5. The van der Waals surface area contributed by atoms with Gasteiger partial charge in [0.2, 0.25) is 0 Å². The molecule has 0 aromatic heterocycles. The molecule has 1 saturated heterocycles. The van der Waals surface area contributed by atoms with Crippen LogP contribution in [0.2, 0.25) is 0 Å². The van der Waals surface area contributed by atoms with E-state index in [1.807, 2.05) is 0 Å². The minimum atomic E-state index is -1.90. The summed E-state index contributed by atoms with van der Waals surface area (Å²) in [6.07, 6.45) is 53.8. The van der Waals surface area contributed by atoms with E-state index in [9.17, 15) is 34.5 Å². The van der Waals surface area contributed by atoms with Crippen LogP contribution in [0.5, 0.6) is 0 Å². The largest absolute Gasteiger partial charge is 0.479 e. The highest BCUT2D eigenvalue weighted by Gasteiger charge is 2.50. The van der Waals surface area contributed by atoms with Gasteiger partial charge in [-0.25, -0.2) is 4.79 Å². The number of unbranched alkanes of at least 4 members (excludes halogenated alkanes) is 37. The Labute approximate surface area is 482 Å². The van der Waals surface area contributed by atoms with Crippen LogP contribution in [0.4, 0.5) is 0 Å². The van der Waals surface area contributed by atoms with E-state index in [0.717, 1.165) is 96.3 Å². The van der Waals surface area contributed by atoms with E-state index in [2.05, 4.69) is 57.2 Å². The Bertz CT molecular complexity index is 1510. The Hall–Kier alpha value is -3.06. The molecular formula is C67H120O12. The fraction of sp³-hybridized carbons (Fsp3) is 0.851. The van der Waals surface area contributed by atoms with Crippen LogP contribution in [0.1, 0.15) is 316 Å². The Morgan fingerprint density at radius 3 is 1.18 bits per heavy atom. The molecule has 12 nitrogen and oxygen atoms in total. The van der Waals surface area contributed by atoms with Gasteiger partial charge in [-0.05, 0) is 77.0 Å². The number of aliphatic hydroxyl groups excluding tert-OH is 2. The zero-order valence-corrected chi connectivity index (χ0v) is 50.9. The minimum absolute atomic E-state index is 0.0646. The lowest BCUT2D eigenvalue weighted by atomic mass is 9.98. The molecule has 0 radical (unpaired) electrons. The van der Waals surface area contributed by atoms with E-state index >= 15 is 0 Å². The van der Waals surface area contributed by atoms with Crippen molar-refractivity contribution in [3.63, 3.8) is 0 Å². The van der Waals surface area contributed by atoms with Crippen LogP contribution in [-0.4, -0.2) is 89.2 Å². The van der Waals surface area contributed by atoms with Crippen LogP contribution in [0.25, 0.3) is 0 Å². The van der Waals surface area contributed by atoms with Crippen molar-refractivity contribution < 1.29 is 58.2 Å². The first-order valence-corrected chi connectivity index (χ1v) is 33.0. The summed E-state index contributed by atoms with van der Waals surface area (Å²) in [7, 11) is 0. The van der Waals surface area contributed by atoms with Crippen LogP contribution in [0.3, 0.4) is 0 Å². The number of carbonyl (C=O) groups excluding carboxylic acids is 3. The normalized spacial score (nSPS) is 18.0. The fourth-order valence-corrected chi connectivity index (χ4v) is 10.1. The van der Waals surface area contributed by atoms with Crippen molar-refractivity contribution in [1.29, 1.82) is 0 Å². The number of carboxylic acids is 1. The Morgan fingerprint density at radius 1 is 0.418 bits per heavy atom. The quantitative estimate of drug-likeness (QED) is 0.0228. The van der Waals surface area contributed by atoms with Crippen LogP contribution in [0, 0.1) is 0 Å². The molecule has 1 fully saturated rings. The Kier molecular flexibility index (Phi) is 51.9. The van der Waals surface area contributed by atoms with Crippen LogP contribution < -0.4 is 0 Å². The van der Waals surface area contributed by atoms with E-state index in [1.165, 1.54) is 161 Å². The molecule has 1 aliphatic heterocycles. The number of carbonyl (C=O) groups is 4. The zero-order chi connectivity index (χ0) is 57.5. The third-order valence-corrected chi connectivity index (χ3v) is 15.2. The van der Waals surface area contributed by atoms with Crippen molar-refractivity contribution in [2.45, 2.75) is 353 Å². The lowest BCUT2D eigenvalue weighted by molar-refractivity contribution is -0.301. The van der Waals surface area contributed by atoms with E-state index < -0.39 is 67.3 Å². The summed E-state index contributed by atoms with van der Waals surface area (Å²) in [5.41, 5.74) is 0. The van der Waals surface area contributed by atoms with Gasteiger partial charge in [-0.3, -0.25) is 14.4 Å². The molecule has 1 heterocycles. The molecule has 0 aromatic rings. The summed E-state index contributed by atoms with van der Waals surface area (Å²) in [6, 6.07) is 0. The van der Waals surface area contributed by atoms with Gasteiger partial charge in [-0.2, -0.15) is 0 Å². The maximum atomic E-state index is 13.2. The molecule has 1 aliphatic rings. The summed E-state index contributed by atoms with van der Waals surface area (Å²) in [5.74, 6) is -3.11. The topological polar surface area (TPSA) is 175 Å². The average Bonchev–Trinajstić information content (AvgIpc) is 3.47. The lowest BCUT2D eigenvalue weighted by Crippen LogP contribution is -2.61. The SMILES string of the molecule is CCCCC/C=C\C/C=C\CCCCCCCCCC(=O)OCC(COC1OC(C(=O)O)C(O)C(O)C1OC(=O)CCCCCCCCCCCCCCCCCCC)OC(=O)CCCCCCC/C=C\CCCCCCCC. The third-order valence-electron chi connectivity index (χ3n) is 15.2. The summed E-state index contributed by atoms with van der Waals surface area (Å²) in [6.45, 7) is 6.00. The second-order valence-electron chi connectivity index (χ2n) is 22.8. The predicted molar refractivity (Wildman–Crippen MR) is 322 cm³/mol. The molecule has 0 spiro atoms. The Morgan fingerprint density at radius 2 is 0.759 bits per heavy atom. The van der Waals surface area contributed by atoms with Crippen LogP contribution in [0.15, 0.2) is 36.5 Å². The number of allylic oxidation sites excluding steroid dienone is 6. The minimum Gasteiger partial charge on any atom is -0.479 e. The van der Waals surface area contributed by atoms with E-state index in [4.69, 9.17) is 23.7 Å². The maximum absolute atomic E-state index is 13.2. The molecule has 79 heavy (non-hydrogen) atoms. The fourth-order valence-electron chi connectivity index (χ4n) is 10.1. The summed E-state index contributed by atoms with van der Waals surface area (Å²) >= 11 is 0. The van der Waals surface area contributed by atoms with Gasteiger partial charge in [0, 0.05) is 19.3 Å². The summed E-state index contributed by atoms with van der Waals surface area (Å²) in [5, 5.41) is 31.6. The first-order chi connectivity index (χ1) is 38.6. The van der Waals surface area contributed by atoms with E-state index in [-0.39, 0.29) is 25.9 Å². The predicted octanol–water partition coefficient (Wildman–Crippen LogP) is 17.6. The number of aliphatic carboxylic acids is 1. The second-order valence-corrected chi connectivity index (χ2v) is 22.8. The van der Waals surface area contributed by atoms with Gasteiger partial charge in [0.1, 0.15) is 18.8 Å².